The molecule has 2 aliphatic rings. The van der Waals surface area contributed by atoms with E-state index in [1.165, 1.54) is 28.9 Å². The molecule has 1 aliphatic carbocycles. The summed E-state index contributed by atoms with van der Waals surface area (Å²) in [6.45, 7) is 3.71. The fourth-order valence-electron chi connectivity index (χ4n) is 3.41. The second kappa shape index (κ2) is 6.05. The smallest absolute Gasteiger partial charge is 0.260 e. The van der Waals surface area contributed by atoms with Crippen molar-refractivity contribution in [3.05, 3.63) is 40.7 Å². The van der Waals surface area contributed by atoms with Crippen molar-refractivity contribution in [1.82, 2.24) is 18.9 Å². The normalized spacial score (nSPS) is 17.9. The number of aryl methyl sites for hydroxylation is 1. The largest absolute Gasteiger partial charge is 0.368 e. The molecule has 0 unspecified atom stereocenters. The molecule has 1 aliphatic heterocycles. The van der Waals surface area contributed by atoms with Gasteiger partial charge in [-0.15, -0.1) is 0 Å². The van der Waals surface area contributed by atoms with Crippen molar-refractivity contribution in [2.24, 2.45) is 7.05 Å². The summed E-state index contributed by atoms with van der Waals surface area (Å²) in [5, 5.41) is 1.72. The van der Waals surface area contributed by atoms with Gasteiger partial charge in [0.05, 0.1) is 17.2 Å². The van der Waals surface area contributed by atoms with Gasteiger partial charge < -0.3 is 14.4 Å². The first-order chi connectivity index (χ1) is 12.7. The summed E-state index contributed by atoms with van der Waals surface area (Å²) in [5.41, 5.74) is 1.87. The fraction of sp³-hybridized carbons (Fsp3) is 0.444. The molecule has 0 N–H and O–H groups in total. The molecule has 0 radical (unpaired) electrons. The van der Waals surface area contributed by atoms with E-state index in [2.05, 4.69) is 19.2 Å². The predicted octanol–water partition coefficient (Wildman–Crippen LogP) is 1.99. The summed E-state index contributed by atoms with van der Waals surface area (Å²) in [5.74, 6) is 1.65. The van der Waals surface area contributed by atoms with Gasteiger partial charge in [0.25, 0.3) is 5.56 Å². The average Bonchev–Trinajstić information content (AvgIpc) is 3.41. The van der Waals surface area contributed by atoms with E-state index in [0.717, 1.165) is 48.3 Å². The van der Waals surface area contributed by atoms with Crippen LogP contribution in [0.4, 0.5) is 10.8 Å². The Morgan fingerprint density at radius 1 is 1.12 bits per heavy atom. The molecule has 2 aromatic heterocycles. The molecule has 2 fully saturated rings. The number of rotatable bonds is 3. The summed E-state index contributed by atoms with van der Waals surface area (Å²) in [6.07, 6.45) is 4.06. The van der Waals surface area contributed by atoms with Crippen molar-refractivity contribution < 1.29 is 0 Å². The van der Waals surface area contributed by atoms with Crippen molar-refractivity contribution in [2.75, 3.05) is 36.0 Å². The Labute approximate surface area is 155 Å². The molecule has 3 aromatic rings. The molecule has 7 nitrogen and oxygen atoms in total. The van der Waals surface area contributed by atoms with Crippen LogP contribution in [0.3, 0.4) is 0 Å². The zero-order chi connectivity index (χ0) is 17.7. The molecule has 0 amide bonds. The number of fused-ring (bicyclic) bond motifs is 1. The lowest BCUT2D eigenvalue weighted by Crippen LogP contribution is -2.46. The Hall–Kier alpha value is -2.48. The maximum Gasteiger partial charge on any atom is 0.260 e. The maximum absolute atomic E-state index is 12.2. The molecule has 1 saturated carbocycles. The van der Waals surface area contributed by atoms with E-state index in [-0.39, 0.29) is 5.56 Å². The van der Waals surface area contributed by atoms with Crippen LogP contribution in [0.1, 0.15) is 24.6 Å². The molecule has 3 heterocycles. The van der Waals surface area contributed by atoms with Crippen molar-refractivity contribution in [2.45, 2.75) is 18.8 Å². The van der Waals surface area contributed by atoms with E-state index in [9.17, 15) is 4.79 Å². The number of hydrogen-bond donors (Lipinski definition) is 0. The lowest BCUT2D eigenvalue weighted by Gasteiger charge is -2.35. The van der Waals surface area contributed by atoms with Crippen LogP contribution in [-0.4, -0.2) is 45.1 Å². The Morgan fingerprint density at radius 3 is 2.65 bits per heavy atom. The molecule has 0 atom stereocenters. The molecule has 0 bridgehead atoms. The highest BCUT2D eigenvalue weighted by atomic mass is 32.1. The minimum Gasteiger partial charge on any atom is -0.368 e. The maximum atomic E-state index is 12.2. The number of hydrogen-bond acceptors (Lipinski definition) is 7. The van der Waals surface area contributed by atoms with E-state index < -0.39 is 0 Å². The molecule has 0 spiro atoms. The van der Waals surface area contributed by atoms with Gasteiger partial charge in [0.1, 0.15) is 5.82 Å². The Bertz CT molecular complexity index is 1020. The highest BCUT2D eigenvalue weighted by molar-refractivity contribution is 7.09. The standard InChI is InChI=1S/C18H20N6OS/c1-22-11-19-15-10-13(4-5-14(15)17(22)25)23-6-8-24(9-7-23)18-20-16(21-26-18)12-2-3-12/h4-5,10-12H,2-3,6-9H2,1H3. The van der Waals surface area contributed by atoms with Gasteiger partial charge in [0, 0.05) is 56.4 Å². The van der Waals surface area contributed by atoms with Gasteiger partial charge in [-0.2, -0.15) is 4.37 Å². The van der Waals surface area contributed by atoms with Crippen LogP contribution in [0.15, 0.2) is 29.3 Å². The number of nitrogens with zero attached hydrogens (tertiary/aromatic N) is 6. The first kappa shape index (κ1) is 15.7. The first-order valence-corrected chi connectivity index (χ1v) is 9.75. The zero-order valence-electron chi connectivity index (χ0n) is 14.6. The van der Waals surface area contributed by atoms with E-state index in [1.54, 1.807) is 13.4 Å². The van der Waals surface area contributed by atoms with E-state index in [4.69, 9.17) is 4.98 Å². The van der Waals surface area contributed by atoms with Crippen molar-refractivity contribution >= 4 is 33.3 Å². The topological polar surface area (TPSA) is 67.2 Å². The van der Waals surface area contributed by atoms with Gasteiger partial charge in [0.15, 0.2) is 0 Å². The molecule has 5 rings (SSSR count). The molecule has 1 saturated heterocycles. The van der Waals surface area contributed by atoms with Gasteiger partial charge in [0.2, 0.25) is 5.13 Å². The number of aromatic nitrogens is 4. The minimum absolute atomic E-state index is 0.00546. The minimum atomic E-state index is -0.00546. The highest BCUT2D eigenvalue weighted by Crippen LogP contribution is 2.39. The van der Waals surface area contributed by atoms with Gasteiger partial charge in [-0.1, -0.05) is 0 Å². The molecule has 134 valence electrons. The second-order valence-electron chi connectivity index (χ2n) is 7.05. The van der Waals surface area contributed by atoms with Crippen LogP contribution < -0.4 is 15.4 Å². The van der Waals surface area contributed by atoms with Gasteiger partial charge in [-0.25, -0.2) is 9.97 Å². The van der Waals surface area contributed by atoms with Gasteiger partial charge >= 0.3 is 0 Å². The van der Waals surface area contributed by atoms with Crippen molar-refractivity contribution in [3.8, 4) is 0 Å². The molecular weight excluding hydrogens is 348 g/mol. The Balaban J connectivity index is 1.32. The van der Waals surface area contributed by atoms with Crippen molar-refractivity contribution in [3.63, 3.8) is 0 Å². The van der Waals surface area contributed by atoms with Gasteiger partial charge in [-0.05, 0) is 31.0 Å². The van der Waals surface area contributed by atoms with Crippen LogP contribution in [0.2, 0.25) is 0 Å². The molecule has 1 aromatic carbocycles. The Morgan fingerprint density at radius 2 is 1.88 bits per heavy atom. The van der Waals surface area contributed by atoms with Gasteiger partial charge in [-0.3, -0.25) is 4.79 Å². The van der Waals surface area contributed by atoms with E-state index in [0.29, 0.717) is 11.3 Å². The van der Waals surface area contributed by atoms with Crippen LogP contribution >= 0.6 is 11.5 Å². The number of anilines is 2. The molecule has 8 heteroatoms. The quantitative estimate of drug-likeness (QED) is 0.704. The van der Waals surface area contributed by atoms with E-state index in [1.807, 2.05) is 18.2 Å². The predicted molar refractivity (Wildman–Crippen MR) is 103 cm³/mol. The lowest BCUT2D eigenvalue weighted by molar-refractivity contribution is 0.651. The second-order valence-corrected chi connectivity index (χ2v) is 7.78. The Kier molecular flexibility index (Phi) is 3.66. The van der Waals surface area contributed by atoms with Crippen LogP contribution in [0.5, 0.6) is 0 Å². The number of benzene rings is 1. The summed E-state index contributed by atoms with van der Waals surface area (Å²) in [6, 6.07) is 5.93. The fourth-order valence-corrected chi connectivity index (χ4v) is 4.21. The summed E-state index contributed by atoms with van der Waals surface area (Å²) in [7, 11) is 1.73. The van der Waals surface area contributed by atoms with Crippen LogP contribution in [0, 0.1) is 0 Å². The highest BCUT2D eigenvalue weighted by Gasteiger charge is 2.29. The van der Waals surface area contributed by atoms with E-state index >= 15 is 0 Å². The first-order valence-electron chi connectivity index (χ1n) is 8.98. The number of piperazine rings is 1. The van der Waals surface area contributed by atoms with Crippen LogP contribution in [0.25, 0.3) is 10.9 Å². The SMILES string of the molecule is Cn1cnc2cc(N3CCN(c4nc(C5CC5)ns4)CC3)ccc2c1=O. The third-order valence-corrected chi connectivity index (χ3v) is 5.98. The molecule has 26 heavy (non-hydrogen) atoms. The van der Waals surface area contributed by atoms with Crippen molar-refractivity contribution in [1.29, 1.82) is 0 Å². The third kappa shape index (κ3) is 2.74. The van der Waals surface area contributed by atoms with Crippen LogP contribution in [-0.2, 0) is 7.05 Å². The molecular formula is C18H20N6OS. The summed E-state index contributed by atoms with van der Waals surface area (Å²) >= 11 is 1.53. The summed E-state index contributed by atoms with van der Waals surface area (Å²) < 4.78 is 6.03. The monoisotopic (exact) mass is 368 g/mol. The summed E-state index contributed by atoms with van der Waals surface area (Å²) in [4.78, 5) is 25.9. The lowest BCUT2D eigenvalue weighted by atomic mass is 10.2. The average molecular weight is 368 g/mol. The zero-order valence-corrected chi connectivity index (χ0v) is 15.4. The third-order valence-electron chi connectivity index (χ3n) is 5.19.